The van der Waals surface area contributed by atoms with Crippen LogP contribution in [-0.2, 0) is 26.1 Å². The summed E-state index contributed by atoms with van der Waals surface area (Å²) in [6.07, 6.45) is 3.79. The monoisotopic (exact) mass is 612 g/mol. The fourth-order valence-electron chi connectivity index (χ4n) is 3.85. The fraction of sp³-hybridized carbons (Fsp3) is 0.143. The van der Waals surface area contributed by atoms with Crippen LogP contribution in [-0.4, -0.2) is 22.0 Å². The summed E-state index contributed by atoms with van der Waals surface area (Å²) >= 11 is 0. The van der Waals surface area contributed by atoms with Crippen molar-refractivity contribution in [2.75, 3.05) is 0 Å². The largest absolute Gasteiger partial charge is 1.00 e. The third-order valence-electron chi connectivity index (χ3n) is 5.70. The van der Waals surface area contributed by atoms with Crippen molar-refractivity contribution in [3.05, 3.63) is 120 Å². The van der Waals surface area contributed by atoms with E-state index in [1.54, 1.807) is 48.8 Å². The molecule has 2 aromatic heterocycles. The van der Waals surface area contributed by atoms with Crippen LogP contribution in [0.25, 0.3) is 11.1 Å². The molecule has 0 aliphatic heterocycles. The van der Waals surface area contributed by atoms with Crippen LogP contribution >= 0.6 is 0 Å². The Morgan fingerprint density at radius 3 is 1.25 bits per heavy atom. The molecule has 4 aromatic rings. The zero-order valence-electron chi connectivity index (χ0n) is 19.4. The van der Waals surface area contributed by atoms with Gasteiger partial charge >= 0.3 is 11.8 Å². The second-order valence-electron chi connectivity index (χ2n) is 7.98. The van der Waals surface area contributed by atoms with Crippen molar-refractivity contribution in [3.63, 3.8) is 0 Å². The molecule has 0 aliphatic carbocycles. The Morgan fingerprint density at radius 1 is 0.556 bits per heavy atom. The van der Waals surface area contributed by atoms with Crippen LogP contribution in [0.1, 0.15) is 32.1 Å². The minimum atomic E-state index is -0.195. The number of benzene rings is 2. The second kappa shape index (κ2) is 13.9. The maximum absolute atomic E-state index is 12.6. The summed E-state index contributed by atoms with van der Waals surface area (Å²) in [6, 6.07) is 26.1. The minimum absolute atomic E-state index is 0. The topological polar surface area (TPSA) is 82.4 Å². The van der Waals surface area contributed by atoms with E-state index in [4.69, 9.17) is 0 Å². The SMILES string of the molecule is O=C(Cc1ccc(-c2ccc(CC(=O)[n+]3ccccc3CO)cc2)cc1)[n+]1ccccc1CO.[Br-].[Br-]. The molecule has 4 rings (SSSR count). The third-order valence-corrected chi connectivity index (χ3v) is 5.70. The molecule has 0 spiro atoms. The van der Waals surface area contributed by atoms with E-state index in [1.165, 1.54) is 9.13 Å². The van der Waals surface area contributed by atoms with Gasteiger partial charge in [0, 0.05) is 24.3 Å². The molecular formula is C28H26Br2N2O4. The van der Waals surface area contributed by atoms with E-state index < -0.39 is 0 Å². The third kappa shape index (κ3) is 7.01. The molecule has 0 atom stereocenters. The first-order valence-corrected chi connectivity index (χ1v) is 11.0. The number of rotatable bonds is 7. The van der Waals surface area contributed by atoms with E-state index in [0.29, 0.717) is 11.4 Å². The smallest absolute Gasteiger partial charge is 0.396 e. The second-order valence-corrected chi connectivity index (χ2v) is 7.98. The molecule has 0 aliphatic rings. The summed E-state index contributed by atoms with van der Waals surface area (Å²) in [4.78, 5) is 25.3. The molecule has 0 bridgehead atoms. The lowest BCUT2D eigenvalue weighted by molar-refractivity contribution is -0.585. The van der Waals surface area contributed by atoms with Gasteiger partial charge < -0.3 is 44.2 Å². The van der Waals surface area contributed by atoms with Gasteiger partial charge in [-0.3, -0.25) is 0 Å². The summed E-state index contributed by atoms with van der Waals surface area (Å²) in [7, 11) is 0. The first-order chi connectivity index (χ1) is 16.6. The zero-order valence-corrected chi connectivity index (χ0v) is 22.6. The number of nitrogens with zero attached hydrogens (tertiary/aromatic N) is 2. The molecular weight excluding hydrogens is 588 g/mol. The van der Waals surface area contributed by atoms with Crippen LogP contribution in [0, 0.1) is 0 Å². The molecule has 2 aromatic carbocycles. The number of hydrogen-bond acceptors (Lipinski definition) is 4. The number of aromatic nitrogens is 2. The molecule has 8 heteroatoms. The predicted octanol–water partition coefficient (Wildman–Crippen LogP) is -3.31. The maximum Gasteiger partial charge on any atom is 0.396 e. The number of halogens is 2. The number of aliphatic hydroxyl groups excluding tert-OH is 2. The highest BCUT2D eigenvalue weighted by Gasteiger charge is 2.20. The normalized spacial score (nSPS) is 10.2. The van der Waals surface area contributed by atoms with Crippen molar-refractivity contribution in [2.45, 2.75) is 26.1 Å². The van der Waals surface area contributed by atoms with E-state index in [1.807, 2.05) is 48.5 Å². The molecule has 0 saturated heterocycles. The zero-order chi connectivity index (χ0) is 23.9. The standard InChI is InChI=1S/C28H26N2O4.2BrH/c31-19-25-5-1-3-15-29(25)27(33)17-21-7-11-23(12-8-21)24-13-9-22(10-14-24)18-28(34)30-16-4-2-6-26(30)20-32;;/h1-16,31-32H,17-20H2;2*1H/q+2;;/p-2. The number of pyridine rings is 2. The van der Waals surface area contributed by atoms with Crippen molar-refractivity contribution in [3.8, 4) is 11.1 Å². The van der Waals surface area contributed by atoms with E-state index >= 15 is 0 Å². The Morgan fingerprint density at radius 2 is 0.917 bits per heavy atom. The fourth-order valence-corrected chi connectivity index (χ4v) is 3.85. The van der Waals surface area contributed by atoms with Crippen molar-refractivity contribution in [1.82, 2.24) is 0 Å². The summed E-state index contributed by atoms with van der Waals surface area (Å²) in [5.74, 6) is -0.209. The molecule has 0 saturated carbocycles. The van der Waals surface area contributed by atoms with Gasteiger partial charge in [0.25, 0.3) is 0 Å². The van der Waals surface area contributed by atoms with Crippen LogP contribution in [0.3, 0.4) is 0 Å². The molecule has 0 amide bonds. The van der Waals surface area contributed by atoms with Crippen LogP contribution < -0.4 is 43.1 Å². The number of aliphatic hydroxyl groups is 2. The summed E-state index contributed by atoms with van der Waals surface area (Å²) in [6.45, 7) is -0.389. The van der Waals surface area contributed by atoms with Gasteiger partial charge in [0.1, 0.15) is 13.2 Å². The van der Waals surface area contributed by atoms with Gasteiger partial charge in [0.2, 0.25) is 11.4 Å². The van der Waals surface area contributed by atoms with E-state index in [2.05, 4.69) is 0 Å². The van der Waals surface area contributed by atoms with Gasteiger partial charge in [-0.1, -0.05) is 48.5 Å². The summed E-state index contributed by atoms with van der Waals surface area (Å²) in [5.41, 5.74) is 4.91. The Bertz CT molecular complexity index is 1210. The first kappa shape index (κ1) is 29.2. The Balaban J connectivity index is 0.00000228. The number of carbonyl (C=O) groups excluding carboxylic acids is 2. The molecule has 0 unspecified atom stereocenters. The van der Waals surface area contributed by atoms with Crippen LogP contribution in [0.2, 0.25) is 0 Å². The van der Waals surface area contributed by atoms with Gasteiger partial charge in [0.05, 0.1) is 12.8 Å². The minimum Gasteiger partial charge on any atom is -1.00 e. The summed E-state index contributed by atoms with van der Waals surface area (Å²) < 4.78 is 2.95. The highest BCUT2D eigenvalue weighted by Crippen LogP contribution is 2.21. The van der Waals surface area contributed by atoms with Crippen molar-refractivity contribution < 1.29 is 62.9 Å². The lowest BCUT2D eigenvalue weighted by atomic mass is 10.0. The Kier molecular flexibility index (Phi) is 11.3. The molecule has 2 heterocycles. The van der Waals surface area contributed by atoms with Crippen LogP contribution in [0.5, 0.6) is 0 Å². The van der Waals surface area contributed by atoms with Crippen LogP contribution in [0.15, 0.2) is 97.3 Å². The molecule has 36 heavy (non-hydrogen) atoms. The van der Waals surface area contributed by atoms with Crippen molar-refractivity contribution in [1.29, 1.82) is 0 Å². The number of hydrogen-bond donors (Lipinski definition) is 2. The predicted molar refractivity (Wildman–Crippen MR) is 126 cm³/mol. The van der Waals surface area contributed by atoms with Gasteiger partial charge in [0.15, 0.2) is 12.4 Å². The van der Waals surface area contributed by atoms with Crippen LogP contribution in [0.4, 0.5) is 0 Å². The Labute approximate surface area is 231 Å². The van der Waals surface area contributed by atoms with Gasteiger partial charge in [-0.2, -0.15) is 0 Å². The highest BCUT2D eigenvalue weighted by atomic mass is 79.9. The molecule has 0 fully saturated rings. The first-order valence-electron chi connectivity index (χ1n) is 11.0. The number of carbonyl (C=O) groups is 2. The lowest BCUT2D eigenvalue weighted by Crippen LogP contribution is -3.00. The van der Waals surface area contributed by atoms with E-state index in [0.717, 1.165) is 22.3 Å². The average Bonchev–Trinajstić information content (AvgIpc) is 2.89. The van der Waals surface area contributed by atoms with E-state index in [9.17, 15) is 19.8 Å². The van der Waals surface area contributed by atoms with Gasteiger partial charge in [-0.05, 0) is 34.4 Å². The van der Waals surface area contributed by atoms with Gasteiger partial charge in [-0.15, -0.1) is 9.13 Å². The van der Waals surface area contributed by atoms with Crippen molar-refractivity contribution in [2.24, 2.45) is 0 Å². The summed E-state index contributed by atoms with van der Waals surface area (Å²) in [5, 5.41) is 18.9. The molecule has 2 N–H and O–H groups in total. The quantitative estimate of drug-likeness (QED) is 0.214. The van der Waals surface area contributed by atoms with Crippen molar-refractivity contribution >= 4 is 11.8 Å². The molecule has 6 nitrogen and oxygen atoms in total. The lowest BCUT2D eigenvalue weighted by Gasteiger charge is -2.05. The maximum atomic E-state index is 12.6. The van der Waals surface area contributed by atoms with E-state index in [-0.39, 0.29) is 71.8 Å². The molecule has 186 valence electrons. The van der Waals surface area contributed by atoms with Gasteiger partial charge in [-0.25, -0.2) is 9.59 Å². The highest BCUT2D eigenvalue weighted by molar-refractivity contribution is 5.73. The molecule has 0 radical (unpaired) electrons. The Hall–Kier alpha value is -3.04. The average molecular weight is 614 g/mol.